The molecule has 1 saturated carbocycles. The largest absolute Gasteiger partial charge is 0.312 e. The van der Waals surface area contributed by atoms with Crippen LogP contribution in [0.2, 0.25) is 0 Å². The lowest BCUT2D eigenvalue weighted by atomic mass is 9.99. The van der Waals surface area contributed by atoms with Gasteiger partial charge in [0.2, 0.25) is 0 Å². The average Bonchev–Trinajstić information content (AvgIpc) is 3.14. The summed E-state index contributed by atoms with van der Waals surface area (Å²) in [5.41, 5.74) is 1.38. The van der Waals surface area contributed by atoms with Crippen molar-refractivity contribution in [1.29, 1.82) is 0 Å². The molecule has 2 atom stereocenters. The maximum Gasteiger partial charge on any atom is 0.0472 e. The normalized spacial score (nSPS) is 19.8. The second kappa shape index (κ2) is 4.98. The molecule has 16 heavy (non-hydrogen) atoms. The third-order valence-electron chi connectivity index (χ3n) is 3.72. The highest BCUT2D eigenvalue weighted by molar-refractivity contribution is 5.20. The molecule has 2 rings (SSSR count). The van der Waals surface area contributed by atoms with Gasteiger partial charge < -0.3 is 5.32 Å². The second-order valence-electron chi connectivity index (χ2n) is 4.81. The Kier molecular flexibility index (Phi) is 3.62. The lowest BCUT2D eigenvalue weighted by Crippen LogP contribution is -2.40. The summed E-state index contributed by atoms with van der Waals surface area (Å²) in [4.78, 5) is 2.51. The monoisotopic (exact) mass is 218 g/mol. The minimum absolute atomic E-state index is 0.423. The van der Waals surface area contributed by atoms with Crippen molar-refractivity contribution in [3.8, 4) is 0 Å². The molecule has 2 nitrogen and oxygen atoms in total. The fourth-order valence-electron chi connectivity index (χ4n) is 2.40. The summed E-state index contributed by atoms with van der Waals surface area (Å²) >= 11 is 0. The first-order valence-corrected chi connectivity index (χ1v) is 6.18. The van der Waals surface area contributed by atoms with Gasteiger partial charge in [0.05, 0.1) is 0 Å². The van der Waals surface area contributed by atoms with Crippen molar-refractivity contribution in [3.63, 3.8) is 0 Å². The Hall–Kier alpha value is -0.860. The molecule has 2 heteroatoms. The van der Waals surface area contributed by atoms with Crippen molar-refractivity contribution in [2.24, 2.45) is 0 Å². The minimum atomic E-state index is 0.423. The first-order chi connectivity index (χ1) is 7.74. The van der Waals surface area contributed by atoms with E-state index in [4.69, 9.17) is 0 Å². The molecule has 1 aliphatic carbocycles. The molecule has 0 aromatic heterocycles. The lowest BCUT2D eigenvalue weighted by Gasteiger charge is -2.32. The van der Waals surface area contributed by atoms with Gasteiger partial charge in [-0.25, -0.2) is 0 Å². The van der Waals surface area contributed by atoms with E-state index in [1.807, 2.05) is 0 Å². The molecule has 1 fully saturated rings. The van der Waals surface area contributed by atoms with E-state index in [1.165, 1.54) is 18.4 Å². The summed E-state index contributed by atoms with van der Waals surface area (Å²) in [6.45, 7) is 2.31. The molecule has 0 amide bonds. The second-order valence-corrected chi connectivity index (χ2v) is 4.81. The maximum atomic E-state index is 3.44. The Labute approximate surface area is 98.7 Å². The van der Waals surface area contributed by atoms with E-state index in [1.54, 1.807) is 0 Å². The van der Waals surface area contributed by atoms with Gasteiger partial charge in [-0.1, -0.05) is 30.3 Å². The Morgan fingerprint density at radius 2 is 1.88 bits per heavy atom. The topological polar surface area (TPSA) is 15.3 Å². The minimum Gasteiger partial charge on any atom is -0.312 e. The average molecular weight is 218 g/mol. The van der Waals surface area contributed by atoms with E-state index < -0.39 is 0 Å². The molecule has 88 valence electrons. The third-order valence-corrected chi connectivity index (χ3v) is 3.72. The van der Waals surface area contributed by atoms with Crippen LogP contribution in [0, 0.1) is 0 Å². The number of likely N-dealkylation sites (N-methyl/N-ethyl adjacent to an activating group) is 2. The predicted octanol–water partition coefficient (Wildman–Crippen LogP) is 2.43. The van der Waals surface area contributed by atoms with Gasteiger partial charge in [-0.2, -0.15) is 0 Å². The Morgan fingerprint density at radius 3 is 2.38 bits per heavy atom. The maximum absolute atomic E-state index is 3.44. The number of benzene rings is 1. The molecule has 0 spiro atoms. The quantitative estimate of drug-likeness (QED) is 0.816. The summed E-state index contributed by atoms with van der Waals surface area (Å²) in [6, 6.07) is 12.5. The van der Waals surface area contributed by atoms with E-state index in [2.05, 4.69) is 61.6 Å². The number of hydrogen-bond donors (Lipinski definition) is 1. The zero-order valence-corrected chi connectivity index (χ0v) is 10.5. The highest BCUT2D eigenvalue weighted by atomic mass is 15.2. The van der Waals surface area contributed by atoms with Crippen molar-refractivity contribution in [2.45, 2.75) is 37.9 Å². The Bertz CT molecular complexity index is 319. The van der Waals surface area contributed by atoms with Gasteiger partial charge in [-0.3, -0.25) is 4.90 Å². The number of nitrogens with zero attached hydrogens (tertiary/aromatic N) is 1. The molecule has 1 N–H and O–H groups in total. The van der Waals surface area contributed by atoms with Crippen molar-refractivity contribution >= 4 is 0 Å². The molecule has 1 aromatic rings. The van der Waals surface area contributed by atoms with Gasteiger partial charge >= 0.3 is 0 Å². The van der Waals surface area contributed by atoms with Crippen molar-refractivity contribution in [1.82, 2.24) is 10.2 Å². The number of hydrogen-bond acceptors (Lipinski definition) is 2. The molecule has 0 aliphatic heterocycles. The van der Waals surface area contributed by atoms with Gasteiger partial charge in [0.1, 0.15) is 0 Å². The fourth-order valence-corrected chi connectivity index (χ4v) is 2.40. The summed E-state index contributed by atoms with van der Waals surface area (Å²) in [5.74, 6) is 0. The first-order valence-electron chi connectivity index (χ1n) is 6.18. The van der Waals surface area contributed by atoms with Crippen LogP contribution in [0.15, 0.2) is 30.3 Å². The molecular formula is C14H22N2. The highest BCUT2D eigenvalue weighted by Crippen LogP contribution is 2.30. The molecular weight excluding hydrogens is 196 g/mol. The molecule has 0 bridgehead atoms. The van der Waals surface area contributed by atoms with Gasteiger partial charge in [0.25, 0.3) is 0 Å². The van der Waals surface area contributed by atoms with Crippen LogP contribution < -0.4 is 5.32 Å². The van der Waals surface area contributed by atoms with Crippen molar-refractivity contribution in [3.05, 3.63) is 35.9 Å². The van der Waals surface area contributed by atoms with Gasteiger partial charge in [0.15, 0.2) is 0 Å². The Balaban J connectivity index is 2.09. The van der Waals surface area contributed by atoms with E-state index in [0.29, 0.717) is 12.1 Å². The van der Waals surface area contributed by atoms with Crippen LogP contribution in [0.1, 0.15) is 31.4 Å². The van der Waals surface area contributed by atoms with Crippen LogP contribution in [-0.4, -0.2) is 31.1 Å². The third kappa shape index (κ3) is 2.45. The van der Waals surface area contributed by atoms with Crippen molar-refractivity contribution in [2.75, 3.05) is 14.1 Å². The van der Waals surface area contributed by atoms with Crippen LogP contribution in [0.5, 0.6) is 0 Å². The first kappa shape index (κ1) is 11.6. The van der Waals surface area contributed by atoms with E-state index in [0.717, 1.165) is 6.04 Å². The van der Waals surface area contributed by atoms with Crippen LogP contribution >= 0.6 is 0 Å². The van der Waals surface area contributed by atoms with Gasteiger partial charge in [-0.05, 0) is 39.4 Å². The molecule has 1 aliphatic rings. The lowest BCUT2D eigenvalue weighted by molar-refractivity contribution is 0.203. The van der Waals surface area contributed by atoms with E-state index in [-0.39, 0.29) is 0 Å². The van der Waals surface area contributed by atoms with Gasteiger partial charge in [-0.15, -0.1) is 0 Å². The predicted molar refractivity (Wildman–Crippen MR) is 68.5 cm³/mol. The molecule has 0 heterocycles. The van der Waals surface area contributed by atoms with E-state index in [9.17, 15) is 0 Å². The molecule has 2 unspecified atom stereocenters. The van der Waals surface area contributed by atoms with Gasteiger partial charge in [0, 0.05) is 18.1 Å². The fraction of sp³-hybridized carbons (Fsp3) is 0.571. The number of nitrogens with one attached hydrogen (secondary N) is 1. The van der Waals surface area contributed by atoms with Crippen LogP contribution in [0.25, 0.3) is 0 Å². The van der Waals surface area contributed by atoms with E-state index >= 15 is 0 Å². The summed E-state index contributed by atoms with van der Waals surface area (Å²) in [6.07, 6.45) is 2.73. The molecule has 0 radical (unpaired) electrons. The molecule has 0 saturated heterocycles. The summed E-state index contributed by atoms with van der Waals surface area (Å²) in [7, 11) is 4.30. The standard InChI is InChI=1S/C14H22N2/c1-11(16(3)13-9-10-13)14(15-2)12-7-5-4-6-8-12/h4-8,11,13-15H,9-10H2,1-3H3. The zero-order valence-electron chi connectivity index (χ0n) is 10.5. The van der Waals surface area contributed by atoms with Crippen LogP contribution in [0.4, 0.5) is 0 Å². The number of rotatable bonds is 5. The zero-order chi connectivity index (χ0) is 11.5. The van der Waals surface area contributed by atoms with Crippen LogP contribution in [-0.2, 0) is 0 Å². The Morgan fingerprint density at radius 1 is 1.25 bits per heavy atom. The smallest absolute Gasteiger partial charge is 0.0472 e. The van der Waals surface area contributed by atoms with Crippen molar-refractivity contribution < 1.29 is 0 Å². The van der Waals surface area contributed by atoms with Crippen LogP contribution in [0.3, 0.4) is 0 Å². The highest BCUT2D eigenvalue weighted by Gasteiger charge is 2.32. The summed E-state index contributed by atoms with van der Waals surface area (Å²) < 4.78 is 0. The SMILES string of the molecule is CNC(c1ccccc1)C(C)N(C)C1CC1. The molecule has 1 aromatic carbocycles. The summed E-state index contributed by atoms with van der Waals surface area (Å²) in [5, 5.41) is 3.44.